The molecule has 1 aliphatic rings. The standard InChI is InChI=1S/C20H27N3O3/c1-20(2,15-6-7-17-18(13-15)26-12-11-25-17)14-23-19(21-3)22-9-8-16-5-4-10-24-16/h4-7,10,13H,8-9,11-12,14H2,1-3H3,(H2,21,22,23). The first kappa shape index (κ1) is 18.2. The van der Waals surface area contributed by atoms with Crippen LogP contribution < -0.4 is 20.1 Å². The Balaban J connectivity index is 1.54. The van der Waals surface area contributed by atoms with Gasteiger partial charge in [0.25, 0.3) is 0 Å². The van der Waals surface area contributed by atoms with Crippen molar-refractivity contribution in [1.82, 2.24) is 10.6 Å². The fourth-order valence-corrected chi connectivity index (χ4v) is 2.85. The number of guanidine groups is 1. The fourth-order valence-electron chi connectivity index (χ4n) is 2.85. The molecule has 0 saturated heterocycles. The van der Waals surface area contributed by atoms with Crippen molar-refractivity contribution in [3.05, 3.63) is 47.9 Å². The molecular weight excluding hydrogens is 330 g/mol. The van der Waals surface area contributed by atoms with E-state index in [1.165, 1.54) is 5.56 Å². The maximum absolute atomic E-state index is 5.70. The zero-order valence-electron chi connectivity index (χ0n) is 15.7. The van der Waals surface area contributed by atoms with Gasteiger partial charge in [-0.25, -0.2) is 0 Å². The van der Waals surface area contributed by atoms with Crippen LogP contribution in [0.25, 0.3) is 0 Å². The van der Waals surface area contributed by atoms with Gasteiger partial charge in [-0.15, -0.1) is 0 Å². The van der Waals surface area contributed by atoms with Crippen LogP contribution in [0.15, 0.2) is 46.0 Å². The van der Waals surface area contributed by atoms with Crippen LogP contribution in [-0.4, -0.2) is 39.3 Å². The minimum atomic E-state index is -0.0888. The first-order valence-electron chi connectivity index (χ1n) is 8.95. The third kappa shape index (κ3) is 4.50. The van der Waals surface area contributed by atoms with Crippen molar-refractivity contribution in [3.63, 3.8) is 0 Å². The monoisotopic (exact) mass is 357 g/mol. The molecule has 0 radical (unpaired) electrons. The van der Waals surface area contributed by atoms with E-state index in [9.17, 15) is 0 Å². The van der Waals surface area contributed by atoms with E-state index in [4.69, 9.17) is 13.9 Å². The number of rotatable bonds is 6. The van der Waals surface area contributed by atoms with Gasteiger partial charge in [0.1, 0.15) is 19.0 Å². The van der Waals surface area contributed by atoms with Crippen molar-refractivity contribution < 1.29 is 13.9 Å². The van der Waals surface area contributed by atoms with E-state index in [0.29, 0.717) is 13.2 Å². The molecule has 2 heterocycles. The minimum Gasteiger partial charge on any atom is -0.486 e. The highest BCUT2D eigenvalue weighted by Gasteiger charge is 2.23. The Hall–Kier alpha value is -2.63. The first-order chi connectivity index (χ1) is 12.6. The molecule has 26 heavy (non-hydrogen) atoms. The molecule has 0 amide bonds. The van der Waals surface area contributed by atoms with Crippen LogP contribution in [0.5, 0.6) is 11.5 Å². The van der Waals surface area contributed by atoms with Gasteiger partial charge in [-0.3, -0.25) is 4.99 Å². The molecule has 1 aromatic heterocycles. The molecule has 0 fully saturated rings. The molecule has 0 unspecified atom stereocenters. The quantitative estimate of drug-likeness (QED) is 0.615. The number of benzene rings is 1. The molecule has 0 aliphatic carbocycles. The Kier molecular flexibility index (Phi) is 5.71. The zero-order chi connectivity index (χ0) is 18.4. The molecular formula is C20H27N3O3. The molecule has 6 nitrogen and oxygen atoms in total. The minimum absolute atomic E-state index is 0.0888. The van der Waals surface area contributed by atoms with Crippen LogP contribution in [0, 0.1) is 0 Å². The maximum Gasteiger partial charge on any atom is 0.191 e. The molecule has 1 aliphatic heterocycles. The van der Waals surface area contributed by atoms with Crippen LogP contribution in [-0.2, 0) is 11.8 Å². The van der Waals surface area contributed by atoms with Crippen molar-refractivity contribution in [2.75, 3.05) is 33.4 Å². The average Bonchev–Trinajstić information content (AvgIpc) is 3.17. The van der Waals surface area contributed by atoms with Crippen molar-refractivity contribution in [1.29, 1.82) is 0 Å². The molecule has 2 N–H and O–H groups in total. The summed E-state index contributed by atoms with van der Waals surface area (Å²) in [5.74, 6) is 3.38. The first-order valence-corrected chi connectivity index (χ1v) is 8.95. The molecule has 0 saturated carbocycles. The molecule has 6 heteroatoms. The molecule has 2 aromatic rings. The van der Waals surface area contributed by atoms with Gasteiger partial charge in [0.05, 0.1) is 6.26 Å². The fraction of sp³-hybridized carbons (Fsp3) is 0.450. The topological polar surface area (TPSA) is 68.0 Å². The van der Waals surface area contributed by atoms with Gasteiger partial charge < -0.3 is 24.5 Å². The van der Waals surface area contributed by atoms with E-state index in [0.717, 1.165) is 42.7 Å². The number of ether oxygens (including phenoxy) is 2. The van der Waals surface area contributed by atoms with Crippen LogP contribution in [0.3, 0.4) is 0 Å². The van der Waals surface area contributed by atoms with Crippen LogP contribution in [0.1, 0.15) is 25.2 Å². The van der Waals surface area contributed by atoms with Crippen LogP contribution >= 0.6 is 0 Å². The van der Waals surface area contributed by atoms with E-state index in [-0.39, 0.29) is 5.41 Å². The van der Waals surface area contributed by atoms with E-state index < -0.39 is 0 Å². The lowest BCUT2D eigenvalue weighted by Crippen LogP contribution is -2.44. The van der Waals surface area contributed by atoms with Gasteiger partial charge in [-0.2, -0.15) is 0 Å². The lowest BCUT2D eigenvalue weighted by Gasteiger charge is -2.28. The summed E-state index contributed by atoms with van der Waals surface area (Å²) in [5, 5.41) is 6.72. The summed E-state index contributed by atoms with van der Waals surface area (Å²) >= 11 is 0. The number of hydrogen-bond donors (Lipinski definition) is 2. The maximum atomic E-state index is 5.70. The lowest BCUT2D eigenvalue weighted by atomic mass is 9.84. The van der Waals surface area contributed by atoms with E-state index >= 15 is 0 Å². The normalized spacial score (nSPS) is 14.2. The number of furan rings is 1. The van der Waals surface area contributed by atoms with E-state index in [2.05, 4.69) is 41.6 Å². The van der Waals surface area contributed by atoms with Gasteiger partial charge in [-0.05, 0) is 29.8 Å². The Morgan fingerprint density at radius 2 is 1.92 bits per heavy atom. The highest BCUT2D eigenvalue weighted by atomic mass is 16.6. The smallest absolute Gasteiger partial charge is 0.191 e. The van der Waals surface area contributed by atoms with Crippen LogP contribution in [0.2, 0.25) is 0 Å². The zero-order valence-corrected chi connectivity index (χ0v) is 15.7. The van der Waals surface area contributed by atoms with Crippen molar-refractivity contribution >= 4 is 5.96 Å². The molecule has 140 valence electrons. The molecule has 3 rings (SSSR count). The summed E-state index contributed by atoms with van der Waals surface area (Å²) in [7, 11) is 1.78. The van der Waals surface area contributed by atoms with Crippen molar-refractivity contribution in [3.8, 4) is 11.5 Å². The summed E-state index contributed by atoms with van der Waals surface area (Å²) in [4.78, 5) is 4.29. The van der Waals surface area contributed by atoms with Crippen molar-refractivity contribution in [2.24, 2.45) is 4.99 Å². The second kappa shape index (κ2) is 8.17. The third-order valence-corrected chi connectivity index (χ3v) is 4.49. The summed E-state index contributed by atoms with van der Waals surface area (Å²) < 4.78 is 16.7. The molecule has 0 spiro atoms. The average molecular weight is 357 g/mol. The molecule has 1 aromatic carbocycles. The second-order valence-corrected chi connectivity index (χ2v) is 6.92. The summed E-state index contributed by atoms with van der Waals surface area (Å²) in [6.45, 7) is 7.10. The van der Waals surface area contributed by atoms with Gasteiger partial charge in [0, 0.05) is 32.0 Å². The second-order valence-electron chi connectivity index (χ2n) is 6.92. The van der Waals surface area contributed by atoms with Gasteiger partial charge in [-0.1, -0.05) is 19.9 Å². The Morgan fingerprint density at radius 1 is 1.12 bits per heavy atom. The summed E-state index contributed by atoms with van der Waals surface area (Å²) in [5.41, 5.74) is 1.11. The van der Waals surface area contributed by atoms with E-state index in [1.54, 1.807) is 13.3 Å². The number of nitrogens with one attached hydrogen (secondary N) is 2. The molecule has 0 atom stereocenters. The predicted octanol–water partition coefficient (Wildman–Crippen LogP) is 2.74. The third-order valence-electron chi connectivity index (χ3n) is 4.49. The van der Waals surface area contributed by atoms with Gasteiger partial charge in [0.15, 0.2) is 17.5 Å². The summed E-state index contributed by atoms with van der Waals surface area (Å²) in [6, 6.07) is 10.0. The Bertz CT molecular complexity index is 739. The highest BCUT2D eigenvalue weighted by Crippen LogP contribution is 2.34. The Labute approximate surface area is 154 Å². The van der Waals surface area contributed by atoms with Crippen molar-refractivity contribution in [2.45, 2.75) is 25.7 Å². The number of hydrogen-bond acceptors (Lipinski definition) is 4. The summed E-state index contributed by atoms with van der Waals surface area (Å²) in [6.07, 6.45) is 2.51. The predicted molar refractivity (Wildman–Crippen MR) is 102 cm³/mol. The number of nitrogens with zero attached hydrogens (tertiary/aromatic N) is 1. The number of aliphatic imine (C=N–C) groups is 1. The molecule has 0 bridgehead atoms. The SMILES string of the molecule is CN=C(NCCc1ccco1)NCC(C)(C)c1ccc2c(c1)OCCO2. The highest BCUT2D eigenvalue weighted by molar-refractivity contribution is 5.79. The van der Waals surface area contributed by atoms with E-state index in [1.807, 2.05) is 18.2 Å². The van der Waals surface area contributed by atoms with Gasteiger partial charge >= 0.3 is 0 Å². The Morgan fingerprint density at radius 3 is 2.65 bits per heavy atom. The lowest BCUT2D eigenvalue weighted by molar-refractivity contribution is 0.171. The van der Waals surface area contributed by atoms with Gasteiger partial charge in [0.2, 0.25) is 0 Å². The van der Waals surface area contributed by atoms with Crippen LogP contribution in [0.4, 0.5) is 0 Å². The largest absolute Gasteiger partial charge is 0.486 e. The number of fused-ring (bicyclic) bond motifs is 1.